The lowest BCUT2D eigenvalue weighted by Crippen LogP contribution is -2.56. The normalized spacial score (nSPS) is 14.7. The molecule has 0 spiro atoms. The van der Waals surface area contributed by atoms with Crippen molar-refractivity contribution in [2.45, 2.75) is 53.1 Å². The maximum atomic E-state index is 12.3. The third-order valence-corrected chi connectivity index (χ3v) is 3.69. The third kappa shape index (κ3) is 7.45. The number of ether oxygens (including phenoxy) is 2. The van der Waals surface area contributed by atoms with Gasteiger partial charge in [-0.05, 0) is 18.8 Å². The van der Waals surface area contributed by atoms with E-state index in [1.165, 1.54) is 7.11 Å². The van der Waals surface area contributed by atoms with E-state index in [-0.39, 0.29) is 30.9 Å². The number of amides is 1. The topological polar surface area (TPSA) is 93.7 Å². The Kier molecular flexibility index (Phi) is 10.2. The fourth-order valence-electron chi connectivity index (χ4n) is 2.07. The molecule has 2 N–H and O–H groups in total. The molecule has 0 heterocycles. The van der Waals surface area contributed by atoms with Gasteiger partial charge in [0.2, 0.25) is 5.91 Å². The van der Waals surface area contributed by atoms with E-state index in [1.54, 1.807) is 6.92 Å². The number of hydrogen-bond acceptors (Lipinski definition) is 6. The van der Waals surface area contributed by atoms with Crippen molar-refractivity contribution in [3.05, 3.63) is 0 Å². The molecule has 0 aliphatic carbocycles. The van der Waals surface area contributed by atoms with Crippen molar-refractivity contribution in [3.63, 3.8) is 0 Å². The highest BCUT2D eigenvalue weighted by Crippen LogP contribution is 2.13. The van der Waals surface area contributed by atoms with Crippen molar-refractivity contribution < 1.29 is 23.9 Å². The fraction of sp³-hybridized carbons (Fsp3) is 0.812. The molecule has 1 amide bonds. The Labute approximate surface area is 138 Å². The van der Waals surface area contributed by atoms with Gasteiger partial charge in [-0.1, -0.05) is 34.1 Å². The van der Waals surface area contributed by atoms with Crippen LogP contribution >= 0.6 is 0 Å². The van der Waals surface area contributed by atoms with Crippen LogP contribution in [0, 0.1) is 11.8 Å². The average molecular weight is 330 g/mol. The molecule has 0 unspecified atom stereocenters. The average Bonchev–Trinajstić information content (AvgIpc) is 2.52. The second kappa shape index (κ2) is 11.0. The summed E-state index contributed by atoms with van der Waals surface area (Å²) in [6.07, 6.45) is 0.766. The highest BCUT2D eigenvalue weighted by Gasteiger charge is 2.32. The van der Waals surface area contributed by atoms with Crippen LogP contribution < -0.4 is 10.6 Å². The van der Waals surface area contributed by atoms with Crippen LogP contribution in [0.15, 0.2) is 0 Å². The molecule has 0 saturated carbocycles. The molecule has 0 saturated heterocycles. The zero-order chi connectivity index (χ0) is 18.0. The van der Waals surface area contributed by atoms with Gasteiger partial charge in [0.25, 0.3) is 0 Å². The van der Waals surface area contributed by atoms with E-state index in [0.29, 0.717) is 0 Å². The zero-order valence-electron chi connectivity index (χ0n) is 15.0. The van der Waals surface area contributed by atoms with Gasteiger partial charge in [-0.3, -0.25) is 19.7 Å². The van der Waals surface area contributed by atoms with Crippen LogP contribution in [0.4, 0.5) is 0 Å². The summed E-state index contributed by atoms with van der Waals surface area (Å²) in [5, 5.41) is 5.61. The quantitative estimate of drug-likeness (QED) is 0.577. The Balaban J connectivity index is 4.90. The lowest BCUT2D eigenvalue weighted by molar-refractivity contribution is -0.146. The Morgan fingerprint density at radius 3 is 2.09 bits per heavy atom. The van der Waals surface area contributed by atoms with Gasteiger partial charge in [-0.2, -0.15) is 0 Å². The van der Waals surface area contributed by atoms with Gasteiger partial charge < -0.3 is 14.8 Å². The second-order valence-electron chi connectivity index (χ2n) is 5.80. The highest BCUT2D eigenvalue weighted by atomic mass is 16.5. The fourth-order valence-corrected chi connectivity index (χ4v) is 2.07. The van der Waals surface area contributed by atoms with E-state index >= 15 is 0 Å². The minimum absolute atomic E-state index is 0.0153. The van der Waals surface area contributed by atoms with E-state index in [4.69, 9.17) is 9.47 Å². The van der Waals surface area contributed by atoms with E-state index in [1.807, 2.05) is 27.7 Å². The van der Waals surface area contributed by atoms with Gasteiger partial charge in [-0.25, -0.2) is 0 Å². The first-order valence-electron chi connectivity index (χ1n) is 8.05. The third-order valence-electron chi connectivity index (χ3n) is 3.69. The molecule has 134 valence electrons. The Hall–Kier alpha value is -1.63. The van der Waals surface area contributed by atoms with Crippen LogP contribution in [0.3, 0.4) is 0 Å². The number of carbonyl (C=O) groups excluding carboxylic acids is 3. The highest BCUT2D eigenvalue weighted by molar-refractivity contribution is 5.86. The molecule has 0 fully saturated rings. The van der Waals surface area contributed by atoms with E-state index in [9.17, 15) is 14.4 Å². The first-order valence-corrected chi connectivity index (χ1v) is 8.05. The minimum atomic E-state index is -0.609. The van der Waals surface area contributed by atoms with Gasteiger partial charge in [0.15, 0.2) is 0 Å². The zero-order valence-corrected chi connectivity index (χ0v) is 15.0. The van der Waals surface area contributed by atoms with Crippen molar-refractivity contribution in [2.24, 2.45) is 11.8 Å². The predicted molar refractivity (Wildman–Crippen MR) is 86.7 cm³/mol. The molecule has 0 rings (SSSR count). The molecule has 0 radical (unpaired) electrons. The molecule has 0 aromatic rings. The SMILES string of the molecule is CCOC(=O)CNC(=O)[C@@H](N[C@H](C(=O)OC)[C@@H](C)CC)C(C)C. The van der Waals surface area contributed by atoms with Gasteiger partial charge >= 0.3 is 11.9 Å². The molecule has 3 atom stereocenters. The number of nitrogens with one attached hydrogen (secondary N) is 2. The van der Waals surface area contributed by atoms with E-state index in [0.717, 1.165) is 6.42 Å². The predicted octanol–water partition coefficient (Wildman–Crippen LogP) is 0.868. The first kappa shape index (κ1) is 21.4. The maximum Gasteiger partial charge on any atom is 0.325 e. The number of esters is 2. The monoisotopic (exact) mass is 330 g/mol. The van der Waals surface area contributed by atoms with Crippen LogP contribution in [0.5, 0.6) is 0 Å². The maximum absolute atomic E-state index is 12.3. The minimum Gasteiger partial charge on any atom is -0.468 e. The Bertz CT molecular complexity index is 398. The van der Waals surface area contributed by atoms with E-state index in [2.05, 4.69) is 10.6 Å². The lowest BCUT2D eigenvalue weighted by atomic mass is 9.95. The summed E-state index contributed by atoms with van der Waals surface area (Å²) in [6, 6.07) is -1.19. The summed E-state index contributed by atoms with van der Waals surface area (Å²) in [7, 11) is 1.32. The Morgan fingerprint density at radius 1 is 1.04 bits per heavy atom. The molecular weight excluding hydrogens is 300 g/mol. The van der Waals surface area contributed by atoms with Gasteiger partial charge in [0, 0.05) is 0 Å². The molecule has 7 heteroatoms. The van der Waals surface area contributed by atoms with Crippen LogP contribution in [0.25, 0.3) is 0 Å². The standard InChI is InChI=1S/C16H30N2O5/c1-7-11(5)14(16(21)22-6)18-13(10(3)4)15(20)17-9-12(19)23-8-2/h10-11,13-14,18H,7-9H2,1-6H3,(H,17,20)/t11-,13-,14-/m0/s1. The number of methoxy groups -OCH3 is 1. The van der Waals surface area contributed by atoms with E-state index < -0.39 is 24.0 Å². The van der Waals surface area contributed by atoms with Crippen LogP contribution in [-0.4, -0.2) is 50.2 Å². The molecule has 0 aliphatic heterocycles. The van der Waals surface area contributed by atoms with Crippen LogP contribution in [0.2, 0.25) is 0 Å². The summed E-state index contributed by atoms with van der Waals surface area (Å²) in [5.41, 5.74) is 0. The summed E-state index contributed by atoms with van der Waals surface area (Å²) >= 11 is 0. The van der Waals surface area contributed by atoms with Crippen molar-refractivity contribution in [2.75, 3.05) is 20.3 Å². The smallest absolute Gasteiger partial charge is 0.325 e. The summed E-state index contributed by atoms with van der Waals surface area (Å²) in [6.45, 7) is 9.39. The van der Waals surface area contributed by atoms with Gasteiger partial charge in [0.1, 0.15) is 12.6 Å². The molecular formula is C16H30N2O5. The summed E-state index contributed by atoms with van der Waals surface area (Å²) in [4.78, 5) is 35.6. The van der Waals surface area contributed by atoms with Crippen molar-refractivity contribution >= 4 is 17.8 Å². The number of hydrogen-bond donors (Lipinski definition) is 2. The number of carbonyl (C=O) groups is 3. The molecule has 0 aromatic heterocycles. The van der Waals surface area contributed by atoms with Crippen LogP contribution in [-0.2, 0) is 23.9 Å². The van der Waals surface area contributed by atoms with Crippen molar-refractivity contribution in [1.29, 1.82) is 0 Å². The molecule has 0 aromatic carbocycles. The first-order chi connectivity index (χ1) is 10.8. The molecule has 23 heavy (non-hydrogen) atoms. The Morgan fingerprint density at radius 2 is 1.65 bits per heavy atom. The lowest BCUT2D eigenvalue weighted by Gasteiger charge is -2.29. The van der Waals surface area contributed by atoms with Crippen LogP contribution in [0.1, 0.15) is 41.0 Å². The summed E-state index contributed by atoms with van der Waals surface area (Å²) < 4.78 is 9.60. The van der Waals surface area contributed by atoms with Gasteiger partial charge in [0.05, 0.1) is 19.8 Å². The van der Waals surface area contributed by atoms with Crippen molar-refractivity contribution in [3.8, 4) is 0 Å². The second-order valence-corrected chi connectivity index (χ2v) is 5.80. The molecule has 0 bridgehead atoms. The summed E-state index contributed by atoms with van der Waals surface area (Å²) in [5.74, 6) is -1.28. The van der Waals surface area contributed by atoms with Crippen molar-refractivity contribution in [1.82, 2.24) is 10.6 Å². The largest absolute Gasteiger partial charge is 0.468 e. The van der Waals surface area contributed by atoms with Gasteiger partial charge in [-0.15, -0.1) is 0 Å². The molecule has 7 nitrogen and oxygen atoms in total. The number of rotatable bonds is 10. The molecule has 0 aliphatic rings.